The second-order valence-electron chi connectivity index (χ2n) is 5.58. The molecule has 1 amide bonds. The SMILES string of the molecule is CCCN(CCC)C(=O)COc1ccc2c(C)cc(=O)oc2c1. The van der Waals surface area contributed by atoms with Crippen LogP contribution in [0.4, 0.5) is 0 Å². The van der Waals surface area contributed by atoms with Crippen molar-refractivity contribution in [3.63, 3.8) is 0 Å². The van der Waals surface area contributed by atoms with Crippen molar-refractivity contribution in [1.29, 1.82) is 0 Å². The van der Waals surface area contributed by atoms with E-state index in [9.17, 15) is 9.59 Å². The minimum absolute atomic E-state index is 0.0123. The molecule has 0 fully saturated rings. The second-order valence-corrected chi connectivity index (χ2v) is 5.58. The minimum Gasteiger partial charge on any atom is -0.484 e. The van der Waals surface area contributed by atoms with Crippen LogP contribution in [0, 0.1) is 6.92 Å². The van der Waals surface area contributed by atoms with E-state index in [2.05, 4.69) is 0 Å². The summed E-state index contributed by atoms with van der Waals surface area (Å²) in [4.78, 5) is 25.5. The Morgan fingerprint density at radius 1 is 1.17 bits per heavy atom. The number of benzene rings is 1. The zero-order valence-electron chi connectivity index (χ0n) is 13.9. The van der Waals surface area contributed by atoms with Crippen LogP contribution >= 0.6 is 0 Å². The van der Waals surface area contributed by atoms with E-state index >= 15 is 0 Å². The minimum atomic E-state index is -0.389. The maximum atomic E-state index is 12.2. The molecule has 0 aliphatic rings. The maximum absolute atomic E-state index is 12.2. The summed E-state index contributed by atoms with van der Waals surface area (Å²) in [5, 5.41) is 0.863. The van der Waals surface area contributed by atoms with Gasteiger partial charge in [-0.15, -0.1) is 0 Å². The highest BCUT2D eigenvalue weighted by Gasteiger charge is 2.13. The number of rotatable bonds is 7. The smallest absolute Gasteiger partial charge is 0.336 e. The molecule has 1 aromatic heterocycles. The molecule has 1 aromatic carbocycles. The van der Waals surface area contributed by atoms with Crippen LogP contribution < -0.4 is 10.4 Å². The van der Waals surface area contributed by atoms with Crippen molar-refractivity contribution < 1.29 is 13.9 Å². The number of fused-ring (bicyclic) bond motifs is 1. The summed E-state index contributed by atoms with van der Waals surface area (Å²) < 4.78 is 10.8. The highest BCUT2D eigenvalue weighted by Crippen LogP contribution is 2.22. The molecule has 0 radical (unpaired) electrons. The molecule has 2 aromatic rings. The van der Waals surface area contributed by atoms with Gasteiger partial charge >= 0.3 is 5.63 Å². The first kappa shape index (κ1) is 17.1. The van der Waals surface area contributed by atoms with Crippen molar-refractivity contribution >= 4 is 16.9 Å². The highest BCUT2D eigenvalue weighted by molar-refractivity contribution is 5.81. The molecule has 5 heteroatoms. The van der Waals surface area contributed by atoms with Crippen LogP contribution in [0.2, 0.25) is 0 Å². The van der Waals surface area contributed by atoms with Gasteiger partial charge in [0.05, 0.1) is 0 Å². The summed E-state index contributed by atoms with van der Waals surface area (Å²) in [6, 6.07) is 6.73. The molecule has 0 aliphatic heterocycles. The lowest BCUT2D eigenvalue weighted by Crippen LogP contribution is -2.36. The first-order valence-electron chi connectivity index (χ1n) is 8.00. The van der Waals surface area contributed by atoms with E-state index in [4.69, 9.17) is 9.15 Å². The molecular weight excluding hydrogens is 294 g/mol. The van der Waals surface area contributed by atoms with Gasteiger partial charge in [0.2, 0.25) is 0 Å². The van der Waals surface area contributed by atoms with Crippen LogP contribution in [-0.4, -0.2) is 30.5 Å². The van der Waals surface area contributed by atoms with Gasteiger partial charge in [0, 0.05) is 30.6 Å². The van der Waals surface area contributed by atoms with E-state index in [0.29, 0.717) is 11.3 Å². The van der Waals surface area contributed by atoms with Crippen LogP contribution in [0.5, 0.6) is 5.75 Å². The molecular formula is C18H23NO4. The Morgan fingerprint density at radius 3 is 2.52 bits per heavy atom. The largest absolute Gasteiger partial charge is 0.484 e. The van der Waals surface area contributed by atoms with Gasteiger partial charge in [0.15, 0.2) is 6.61 Å². The summed E-state index contributed by atoms with van der Waals surface area (Å²) in [6.07, 6.45) is 1.85. The fourth-order valence-corrected chi connectivity index (χ4v) is 2.53. The van der Waals surface area contributed by atoms with E-state index in [-0.39, 0.29) is 18.1 Å². The number of amides is 1. The molecule has 5 nitrogen and oxygen atoms in total. The van der Waals surface area contributed by atoms with Gasteiger partial charge < -0.3 is 14.1 Å². The monoisotopic (exact) mass is 317 g/mol. The zero-order valence-corrected chi connectivity index (χ0v) is 13.9. The van der Waals surface area contributed by atoms with Gasteiger partial charge in [-0.1, -0.05) is 13.8 Å². The van der Waals surface area contributed by atoms with Crippen LogP contribution in [0.1, 0.15) is 32.3 Å². The van der Waals surface area contributed by atoms with Crippen molar-refractivity contribution in [1.82, 2.24) is 4.90 Å². The van der Waals surface area contributed by atoms with Gasteiger partial charge in [0.1, 0.15) is 11.3 Å². The first-order chi connectivity index (χ1) is 11.0. The third-order valence-corrected chi connectivity index (χ3v) is 3.62. The summed E-state index contributed by atoms with van der Waals surface area (Å²) >= 11 is 0. The summed E-state index contributed by atoms with van der Waals surface area (Å²) in [5.74, 6) is 0.493. The van der Waals surface area contributed by atoms with E-state index in [1.165, 1.54) is 6.07 Å². The molecule has 0 aliphatic carbocycles. The average Bonchev–Trinajstić information content (AvgIpc) is 2.51. The Balaban J connectivity index is 2.10. The Kier molecular flexibility index (Phi) is 5.79. The summed E-state index contributed by atoms with van der Waals surface area (Å²) in [7, 11) is 0. The van der Waals surface area contributed by atoms with Crippen molar-refractivity contribution in [3.05, 3.63) is 40.2 Å². The molecule has 0 saturated carbocycles. The van der Waals surface area contributed by atoms with Gasteiger partial charge in [-0.25, -0.2) is 4.79 Å². The Morgan fingerprint density at radius 2 is 1.87 bits per heavy atom. The maximum Gasteiger partial charge on any atom is 0.336 e. The lowest BCUT2D eigenvalue weighted by atomic mass is 10.1. The van der Waals surface area contributed by atoms with Crippen LogP contribution in [0.3, 0.4) is 0 Å². The van der Waals surface area contributed by atoms with Crippen LogP contribution in [-0.2, 0) is 4.79 Å². The van der Waals surface area contributed by atoms with Crippen molar-refractivity contribution in [2.24, 2.45) is 0 Å². The van der Waals surface area contributed by atoms with Crippen LogP contribution in [0.15, 0.2) is 33.5 Å². The third-order valence-electron chi connectivity index (χ3n) is 3.62. The second kappa shape index (κ2) is 7.81. The van der Waals surface area contributed by atoms with Crippen molar-refractivity contribution in [2.45, 2.75) is 33.6 Å². The topological polar surface area (TPSA) is 59.8 Å². The van der Waals surface area contributed by atoms with Crippen molar-refractivity contribution in [2.75, 3.05) is 19.7 Å². The standard InChI is InChI=1S/C18H23NO4/c1-4-8-19(9-5-2)17(20)12-22-14-6-7-15-13(3)10-18(21)23-16(15)11-14/h6-7,10-11H,4-5,8-9,12H2,1-3H3. The van der Waals surface area contributed by atoms with Crippen molar-refractivity contribution in [3.8, 4) is 5.75 Å². The van der Waals surface area contributed by atoms with E-state index in [1.807, 2.05) is 31.7 Å². The molecule has 0 atom stereocenters. The number of aryl methyl sites for hydroxylation is 1. The Bertz CT molecular complexity index is 729. The van der Waals surface area contributed by atoms with Gasteiger partial charge in [-0.2, -0.15) is 0 Å². The third kappa shape index (κ3) is 4.34. The Labute approximate surface area is 135 Å². The number of carbonyl (C=O) groups excluding carboxylic acids is 1. The molecule has 0 bridgehead atoms. The quantitative estimate of drug-likeness (QED) is 0.736. The molecule has 23 heavy (non-hydrogen) atoms. The van der Waals surface area contributed by atoms with Gasteiger partial charge in [-0.3, -0.25) is 4.79 Å². The number of hydrogen-bond acceptors (Lipinski definition) is 4. The molecule has 1 heterocycles. The number of nitrogens with zero attached hydrogens (tertiary/aromatic N) is 1. The average molecular weight is 317 g/mol. The number of hydrogen-bond donors (Lipinski definition) is 0. The first-order valence-corrected chi connectivity index (χ1v) is 8.00. The fraction of sp³-hybridized carbons (Fsp3) is 0.444. The Hall–Kier alpha value is -2.30. The molecule has 0 spiro atoms. The summed E-state index contributed by atoms with van der Waals surface area (Å²) in [5.41, 5.74) is 0.940. The van der Waals surface area contributed by atoms with Gasteiger partial charge in [-0.05, 0) is 37.5 Å². The lowest BCUT2D eigenvalue weighted by Gasteiger charge is -2.21. The molecule has 0 saturated heterocycles. The summed E-state index contributed by atoms with van der Waals surface area (Å²) in [6.45, 7) is 7.41. The zero-order chi connectivity index (χ0) is 16.8. The molecule has 2 rings (SSSR count). The fourth-order valence-electron chi connectivity index (χ4n) is 2.53. The number of ether oxygens (including phenoxy) is 1. The predicted octanol–water partition coefficient (Wildman–Crippen LogP) is 3.13. The lowest BCUT2D eigenvalue weighted by molar-refractivity contribution is -0.133. The van der Waals surface area contributed by atoms with Crippen LogP contribution in [0.25, 0.3) is 11.0 Å². The normalized spacial score (nSPS) is 10.7. The molecule has 0 N–H and O–H groups in total. The van der Waals surface area contributed by atoms with E-state index in [1.54, 1.807) is 12.1 Å². The van der Waals surface area contributed by atoms with E-state index < -0.39 is 0 Å². The highest BCUT2D eigenvalue weighted by atomic mass is 16.5. The molecule has 0 unspecified atom stereocenters. The van der Waals surface area contributed by atoms with E-state index in [0.717, 1.165) is 36.9 Å². The van der Waals surface area contributed by atoms with Gasteiger partial charge in [0.25, 0.3) is 5.91 Å². The number of carbonyl (C=O) groups is 1. The molecule has 124 valence electrons. The predicted molar refractivity (Wildman–Crippen MR) is 89.9 cm³/mol.